The largest absolute Gasteiger partial charge is 0.437 e. The molecule has 20 heavy (non-hydrogen) atoms. The number of aromatic nitrogens is 1. The molecule has 2 rings (SSSR count). The van der Waals surface area contributed by atoms with Gasteiger partial charge in [-0.2, -0.15) is 0 Å². The number of benzene rings is 1. The molecule has 1 unspecified atom stereocenters. The molecule has 0 spiro atoms. The molecule has 0 radical (unpaired) electrons. The fraction of sp³-hybridized carbons (Fsp3) is 0.154. The molecule has 1 atom stereocenters. The number of nitrogens with zero attached hydrogens (tertiary/aromatic N) is 2. The van der Waals surface area contributed by atoms with Gasteiger partial charge in [-0.25, -0.2) is 4.98 Å². The number of ether oxygens (including phenoxy) is 1. The van der Waals surface area contributed by atoms with E-state index in [-0.39, 0.29) is 16.8 Å². The molecule has 0 amide bonds. The Balaban J connectivity index is 2.19. The second-order valence-corrected chi connectivity index (χ2v) is 4.60. The van der Waals surface area contributed by atoms with Gasteiger partial charge in [0, 0.05) is 30.4 Å². The van der Waals surface area contributed by atoms with Gasteiger partial charge in [-0.05, 0) is 18.6 Å². The summed E-state index contributed by atoms with van der Waals surface area (Å²) in [5.74, 6) is 0.642. The van der Waals surface area contributed by atoms with Crippen molar-refractivity contribution in [2.75, 3.05) is 0 Å². The number of halogens is 1. The van der Waals surface area contributed by atoms with E-state index in [1.54, 1.807) is 18.3 Å². The van der Waals surface area contributed by atoms with Crippen LogP contribution in [0.3, 0.4) is 0 Å². The van der Waals surface area contributed by atoms with Crippen LogP contribution in [0.4, 0.5) is 5.69 Å². The standard InChI is InChI=1S/C13H12ClN3O3/c1-8(15)9-2-5-13(16-7-9)20-12-4-3-10(17(18)19)6-11(12)14/h2-8H,15H2,1H3. The summed E-state index contributed by atoms with van der Waals surface area (Å²) in [6, 6.07) is 7.33. The van der Waals surface area contributed by atoms with Crippen molar-refractivity contribution in [1.29, 1.82) is 0 Å². The van der Waals surface area contributed by atoms with Gasteiger partial charge in [0.05, 0.1) is 9.95 Å². The lowest BCUT2D eigenvalue weighted by Gasteiger charge is -2.08. The smallest absolute Gasteiger partial charge is 0.271 e. The van der Waals surface area contributed by atoms with Crippen LogP contribution in [0.2, 0.25) is 5.02 Å². The quantitative estimate of drug-likeness (QED) is 0.688. The Morgan fingerprint density at radius 2 is 2.15 bits per heavy atom. The molecule has 0 aliphatic heterocycles. The van der Waals surface area contributed by atoms with E-state index in [2.05, 4.69) is 4.98 Å². The zero-order valence-electron chi connectivity index (χ0n) is 10.6. The van der Waals surface area contributed by atoms with E-state index in [4.69, 9.17) is 22.1 Å². The predicted octanol–water partition coefficient (Wildman–Crippen LogP) is 3.46. The first kappa shape index (κ1) is 14.2. The molecule has 6 nitrogen and oxygen atoms in total. The minimum atomic E-state index is -0.522. The SMILES string of the molecule is CC(N)c1ccc(Oc2ccc([N+](=O)[O-])cc2Cl)nc1. The van der Waals surface area contributed by atoms with Crippen LogP contribution in [0.1, 0.15) is 18.5 Å². The van der Waals surface area contributed by atoms with Gasteiger partial charge < -0.3 is 10.5 Å². The molecule has 104 valence electrons. The molecule has 1 aromatic carbocycles. The summed E-state index contributed by atoms with van der Waals surface area (Å²) in [5, 5.41) is 10.8. The van der Waals surface area contributed by atoms with Crippen LogP contribution in [0, 0.1) is 10.1 Å². The van der Waals surface area contributed by atoms with Crippen molar-refractivity contribution in [3.8, 4) is 11.6 Å². The lowest BCUT2D eigenvalue weighted by Crippen LogP contribution is -2.05. The van der Waals surface area contributed by atoms with Gasteiger partial charge >= 0.3 is 0 Å². The summed E-state index contributed by atoms with van der Waals surface area (Å²) >= 11 is 5.93. The molecular weight excluding hydrogens is 282 g/mol. The number of hydrogen-bond donors (Lipinski definition) is 1. The third-order valence-corrected chi connectivity index (χ3v) is 2.92. The maximum absolute atomic E-state index is 10.6. The lowest BCUT2D eigenvalue weighted by molar-refractivity contribution is -0.384. The molecule has 0 aliphatic rings. The maximum atomic E-state index is 10.6. The van der Waals surface area contributed by atoms with Gasteiger partial charge in [0.2, 0.25) is 5.88 Å². The van der Waals surface area contributed by atoms with Crippen LogP contribution >= 0.6 is 11.6 Å². The van der Waals surface area contributed by atoms with E-state index in [0.29, 0.717) is 11.6 Å². The van der Waals surface area contributed by atoms with Gasteiger partial charge in [-0.1, -0.05) is 17.7 Å². The van der Waals surface area contributed by atoms with Crippen LogP contribution in [0.25, 0.3) is 0 Å². The van der Waals surface area contributed by atoms with Crippen molar-refractivity contribution in [2.24, 2.45) is 5.73 Å². The van der Waals surface area contributed by atoms with Crippen molar-refractivity contribution in [2.45, 2.75) is 13.0 Å². The fourth-order valence-corrected chi connectivity index (χ4v) is 1.73. The van der Waals surface area contributed by atoms with Crippen LogP contribution in [0.5, 0.6) is 11.6 Å². The van der Waals surface area contributed by atoms with Crippen LogP contribution in [-0.4, -0.2) is 9.91 Å². The number of non-ortho nitro benzene ring substituents is 1. The fourth-order valence-electron chi connectivity index (χ4n) is 1.52. The van der Waals surface area contributed by atoms with Crippen molar-refractivity contribution in [3.63, 3.8) is 0 Å². The van der Waals surface area contributed by atoms with Gasteiger partial charge in [0.15, 0.2) is 0 Å². The Bertz CT molecular complexity index is 629. The number of nitrogens with two attached hydrogens (primary N) is 1. The predicted molar refractivity (Wildman–Crippen MR) is 75.0 cm³/mol. The average Bonchev–Trinajstić information content (AvgIpc) is 2.41. The number of hydrogen-bond acceptors (Lipinski definition) is 5. The van der Waals surface area contributed by atoms with Gasteiger partial charge in [-0.15, -0.1) is 0 Å². The molecule has 2 N–H and O–H groups in total. The highest BCUT2D eigenvalue weighted by atomic mass is 35.5. The van der Waals surface area contributed by atoms with Crippen molar-refractivity contribution >= 4 is 17.3 Å². The first-order valence-corrected chi connectivity index (χ1v) is 6.18. The topological polar surface area (TPSA) is 91.3 Å². The number of nitro groups is 1. The van der Waals surface area contributed by atoms with E-state index in [1.165, 1.54) is 18.2 Å². The highest BCUT2D eigenvalue weighted by Gasteiger charge is 2.11. The number of rotatable bonds is 4. The van der Waals surface area contributed by atoms with E-state index >= 15 is 0 Å². The summed E-state index contributed by atoms with van der Waals surface area (Å²) in [7, 11) is 0. The monoisotopic (exact) mass is 293 g/mol. The zero-order chi connectivity index (χ0) is 14.7. The first-order valence-electron chi connectivity index (χ1n) is 5.80. The average molecular weight is 294 g/mol. The Hall–Kier alpha value is -2.18. The minimum Gasteiger partial charge on any atom is -0.437 e. The van der Waals surface area contributed by atoms with E-state index in [9.17, 15) is 10.1 Å². The Morgan fingerprint density at radius 3 is 2.65 bits per heavy atom. The summed E-state index contributed by atoms with van der Waals surface area (Å²) < 4.78 is 5.47. The summed E-state index contributed by atoms with van der Waals surface area (Å²) in [6.07, 6.45) is 1.61. The second-order valence-electron chi connectivity index (χ2n) is 4.19. The third-order valence-electron chi connectivity index (χ3n) is 2.63. The van der Waals surface area contributed by atoms with Crippen LogP contribution in [0.15, 0.2) is 36.5 Å². The molecule has 2 aromatic rings. The van der Waals surface area contributed by atoms with Crippen molar-refractivity contribution < 1.29 is 9.66 Å². The molecular formula is C13H12ClN3O3. The van der Waals surface area contributed by atoms with Gasteiger partial charge in [0.1, 0.15) is 5.75 Å². The highest BCUT2D eigenvalue weighted by Crippen LogP contribution is 2.31. The van der Waals surface area contributed by atoms with E-state index in [0.717, 1.165) is 5.56 Å². The Kier molecular flexibility index (Phi) is 4.16. The maximum Gasteiger partial charge on any atom is 0.271 e. The van der Waals surface area contributed by atoms with Gasteiger partial charge in [0.25, 0.3) is 5.69 Å². The van der Waals surface area contributed by atoms with Crippen molar-refractivity contribution in [1.82, 2.24) is 4.98 Å². The highest BCUT2D eigenvalue weighted by molar-refractivity contribution is 6.32. The van der Waals surface area contributed by atoms with Gasteiger partial charge in [-0.3, -0.25) is 10.1 Å². The molecule has 0 saturated heterocycles. The number of nitro benzene ring substituents is 1. The Labute approximate surface area is 120 Å². The lowest BCUT2D eigenvalue weighted by atomic mass is 10.2. The molecule has 7 heteroatoms. The summed E-state index contributed by atoms with van der Waals surface area (Å²) in [5.41, 5.74) is 6.51. The number of pyridine rings is 1. The molecule has 1 heterocycles. The van der Waals surface area contributed by atoms with E-state index in [1.807, 2.05) is 6.92 Å². The molecule has 0 aliphatic carbocycles. The third kappa shape index (κ3) is 3.23. The second kappa shape index (κ2) is 5.85. The molecule has 0 fully saturated rings. The van der Waals surface area contributed by atoms with E-state index < -0.39 is 4.92 Å². The molecule has 0 saturated carbocycles. The summed E-state index contributed by atoms with van der Waals surface area (Å²) in [4.78, 5) is 14.2. The normalized spacial score (nSPS) is 11.9. The molecule has 0 bridgehead atoms. The van der Waals surface area contributed by atoms with Crippen molar-refractivity contribution in [3.05, 3.63) is 57.2 Å². The zero-order valence-corrected chi connectivity index (χ0v) is 11.4. The minimum absolute atomic E-state index is 0.0948. The van der Waals surface area contributed by atoms with Crippen LogP contribution in [-0.2, 0) is 0 Å². The summed E-state index contributed by atoms with van der Waals surface area (Å²) in [6.45, 7) is 1.85. The molecule has 1 aromatic heterocycles. The first-order chi connectivity index (χ1) is 9.47. The van der Waals surface area contributed by atoms with Crippen LogP contribution < -0.4 is 10.5 Å². The Morgan fingerprint density at radius 1 is 1.40 bits per heavy atom.